The molecule has 0 unspecified atom stereocenters. The van der Waals surface area contributed by atoms with E-state index in [0.29, 0.717) is 43.0 Å². The molecule has 1 aliphatic heterocycles. The lowest BCUT2D eigenvalue weighted by atomic mass is 10.0. The van der Waals surface area contributed by atoms with Gasteiger partial charge in [0.25, 0.3) is 5.56 Å². The first-order chi connectivity index (χ1) is 12.6. The normalized spacial score (nSPS) is 14.2. The number of rotatable bonds is 3. The van der Waals surface area contributed by atoms with Crippen LogP contribution >= 0.6 is 0 Å². The highest BCUT2D eigenvalue weighted by molar-refractivity contribution is 5.53. The minimum absolute atomic E-state index is 0.104. The van der Waals surface area contributed by atoms with E-state index in [0.717, 1.165) is 11.3 Å². The highest BCUT2D eigenvalue weighted by Gasteiger charge is 2.22. The molecule has 0 saturated heterocycles. The molecule has 26 heavy (non-hydrogen) atoms. The van der Waals surface area contributed by atoms with E-state index in [2.05, 4.69) is 19.9 Å². The van der Waals surface area contributed by atoms with E-state index in [9.17, 15) is 15.0 Å². The smallest absolute Gasteiger partial charge is 0.254 e. The number of nitrogens with one attached hydrogen (secondary N) is 1. The molecular weight excluding hydrogens is 332 g/mol. The van der Waals surface area contributed by atoms with Crippen LogP contribution in [0.3, 0.4) is 0 Å². The largest absolute Gasteiger partial charge is 0.504 e. The molecular formula is C19H18N4O3. The summed E-state index contributed by atoms with van der Waals surface area (Å²) in [7, 11) is 0. The summed E-state index contributed by atoms with van der Waals surface area (Å²) in [5.41, 5.74) is 2.72. The fraction of sp³-hybridized carbons (Fsp3) is 0.211. The third-order valence-electron chi connectivity index (χ3n) is 4.58. The number of hydrogen-bond acceptors (Lipinski definition) is 6. The Morgan fingerprint density at radius 3 is 2.88 bits per heavy atom. The topological polar surface area (TPSA) is 102 Å². The van der Waals surface area contributed by atoms with Gasteiger partial charge in [0.2, 0.25) is 0 Å². The van der Waals surface area contributed by atoms with E-state index in [-0.39, 0.29) is 17.1 Å². The number of phenolic OH excluding ortho intramolecular Hbond substituents is 2. The maximum atomic E-state index is 12.4. The molecule has 4 rings (SSSR count). The van der Waals surface area contributed by atoms with Crippen molar-refractivity contribution in [1.82, 2.24) is 19.9 Å². The highest BCUT2D eigenvalue weighted by Crippen LogP contribution is 2.30. The number of aromatic hydroxyl groups is 2. The second kappa shape index (κ2) is 6.61. The molecule has 1 aliphatic rings. The van der Waals surface area contributed by atoms with Crippen LogP contribution in [0.1, 0.15) is 16.8 Å². The third-order valence-corrected chi connectivity index (χ3v) is 4.58. The van der Waals surface area contributed by atoms with Gasteiger partial charge in [0.05, 0.1) is 5.69 Å². The zero-order chi connectivity index (χ0) is 18.1. The summed E-state index contributed by atoms with van der Waals surface area (Å²) in [5, 5.41) is 19.7. The van der Waals surface area contributed by atoms with Gasteiger partial charge in [-0.3, -0.25) is 14.7 Å². The molecule has 3 N–H and O–H groups in total. The summed E-state index contributed by atoms with van der Waals surface area (Å²) in [6.45, 7) is 1.65. The van der Waals surface area contributed by atoms with E-state index in [4.69, 9.17) is 0 Å². The Kier molecular flexibility index (Phi) is 4.14. The van der Waals surface area contributed by atoms with Crippen molar-refractivity contribution in [3.63, 3.8) is 0 Å². The number of nitrogens with zero attached hydrogens (tertiary/aromatic N) is 3. The van der Waals surface area contributed by atoms with Crippen LogP contribution in [-0.2, 0) is 19.5 Å². The molecule has 132 valence electrons. The van der Waals surface area contributed by atoms with Crippen LogP contribution < -0.4 is 5.56 Å². The Labute approximate surface area is 149 Å². The molecule has 0 amide bonds. The van der Waals surface area contributed by atoms with Gasteiger partial charge < -0.3 is 15.2 Å². The SMILES string of the molecule is O=c1[nH]c(-c2cccnc2)nc2c1CCN(Cc1cccc(O)c1O)C2. The minimum Gasteiger partial charge on any atom is -0.504 e. The first kappa shape index (κ1) is 16.3. The van der Waals surface area contributed by atoms with Gasteiger partial charge in [-0.1, -0.05) is 12.1 Å². The Morgan fingerprint density at radius 2 is 2.08 bits per heavy atom. The van der Waals surface area contributed by atoms with Crippen molar-refractivity contribution >= 4 is 0 Å². The zero-order valence-electron chi connectivity index (χ0n) is 14.0. The molecule has 0 saturated carbocycles. The van der Waals surface area contributed by atoms with Crippen LogP contribution in [0.15, 0.2) is 47.5 Å². The maximum Gasteiger partial charge on any atom is 0.254 e. The fourth-order valence-corrected chi connectivity index (χ4v) is 3.21. The van der Waals surface area contributed by atoms with Crippen molar-refractivity contribution in [2.75, 3.05) is 6.54 Å². The standard InChI is InChI=1S/C19H18N4O3/c24-16-5-1-3-13(17(16)25)10-23-8-6-14-15(11-23)21-18(22-19(14)26)12-4-2-7-20-9-12/h1-5,7,9,24-25H,6,8,10-11H2,(H,21,22,26). The molecule has 7 nitrogen and oxygen atoms in total. The lowest BCUT2D eigenvalue weighted by molar-refractivity contribution is 0.236. The van der Waals surface area contributed by atoms with E-state index in [1.165, 1.54) is 6.07 Å². The lowest BCUT2D eigenvalue weighted by Crippen LogP contribution is -2.35. The van der Waals surface area contributed by atoms with Crippen molar-refractivity contribution in [2.45, 2.75) is 19.5 Å². The Bertz CT molecular complexity index is 1000. The predicted octanol–water partition coefficient (Wildman–Crippen LogP) is 1.80. The molecule has 0 atom stereocenters. The van der Waals surface area contributed by atoms with Crippen molar-refractivity contribution < 1.29 is 10.2 Å². The van der Waals surface area contributed by atoms with Crippen LogP contribution in [0.4, 0.5) is 0 Å². The number of hydrogen-bond donors (Lipinski definition) is 3. The van der Waals surface area contributed by atoms with Gasteiger partial charge in [-0.15, -0.1) is 0 Å². The van der Waals surface area contributed by atoms with Crippen molar-refractivity contribution in [3.05, 3.63) is 69.9 Å². The first-order valence-corrected chi connectivity index (χ1v) is 8.36. The molecule has 0 spiro atoms. The van der Waals surface area contributed by atoms with E-state index < -0.39 is 0 Å². The average Bonchev–Trinajstić information content (AvgIpc) is 2.66. The van der Waals surface area contributed by atoms with Crippen LogP contribution in [-0.4, -0.2) is 36.6 Å². The summed E-state index contributed by atoms with van der Waals surface area (Å²) in [5.74, 6) is 0.269. The van der Waals surface area contributed by atoms with E-state index in [1.807, 2.05) is 6.07 Å². The summed E-state index contributed by atoms with van der Waals surface area (Å²) in [6, 6.07) is 8.57. The van der Waals surface area contributed by atoms with Gasteiger partial charge in [0.1, 0.15) is 5.82 Å². The van der Waals surface area contributed by atoms with Crippen molar-refractivity contribution in [3.8, 4) is 22.9 Å². The number of phenols is 2. The summed E-state index contributed by atoms with van der Waals surface area (Å²) < 4.78 is 0. The Morgan fingerprint density at radius 1 is 1.19 bits per heavy atom. The van der Waals surface area contributed by atoms with E-state index >= 15 is 0 Å². The number of pyridine rings is 1. The molecule has 1 aromatic carbocycles. The predicted molar refractivity (Wildman–Crippen MR) is 95.7 cm³/mol. The van der Waals surface area contributed by atoms with Gasteiger partial charge in [-0.2, -0.15) is 0 Å². The monoisotopic (exact) mass is 350 g/mol. The van der Waals surface area contributed by atoms with Gasteiger partial charge in [-0.05, 0) is 24.6 Å². The number of para-hydroxylation sites is 1. The molecule has 2 aromatic heterocycles. The average molecular weight is 350 g/mol. The fourth-order valence-electron chi connectivity index (χ4n) is 3.21. The van der Waals surface area contributed by atoms with Crippen molar-refractivity contribution in [1.29, 1.82) is 0 Å². The van der Waals surface area contributed by atoms with Crippen LogP contribution in [0.5, 0.6) is 11.5 Å². The summed E-state index contributed by atoms with van der Waals surface area (Å²) in [6.07, 6.45) is 3.92. The first-order valence-electron chi connectivity index (χ1n) is 8.36. The van der Waals surface area contributed by atoms with Crippen LogP contribution in [0, 0.1) is 0 Å². The molecule has 3 heterocycles. The summed E-state index contributed by atoms with van der Waals surface area (Å²) in [4.78, 5) is 26.0. The Balaban J connectivity index is 1.63. The number of fused-ring (bicyclic) bond motifs is 1. The lowest BCUT2D eigenvalue weighted by Gasteiger charge is -2.28. The van der Waals surface area contributed by atoms with Crippen LogP contribution in [0.2, 0.25) is 0 Å². The highest BCUT2D eigenvalue weighted by atomic mass is 16.3. The van der Waals surface area contributed by atoms with Gasteiger partial charge in [0, 0.05) is 48.7 Å². The summed E-state index contributed by atoms with van der Waals surface area (Å²) >= 11 is 0. The quantitative estimate of drug-likeness (QED) is 0.623. The molecule has 0 fully saturated rings. The zero-order valence-corrected chi connectivity index (χ0v) is 14.0. The number of H-pyrrole nitrogens is 1. The Hall–Kier alpha value is -3.19. The van der Waals surface area contributed by atoms with E-state index in [1.54, 1.807) is 30.6 Å². The number of benzene rings is 1. The van der Waals surface area contributed by atoms with Gasteiger partial charge in [-0.25, -0.2) is 4.98 Å². The molecule has 0 radical (unpaired) electrons. The maximum absolute atomic E-state index is 12.4. The molecule has 0 bridgehead atoms. The van der Waals surface area contributed by atoms with Gasteiger partial charge in [0.15, 0.2) is 11.5 Å². The molecule has 0 aliphatic carbocycles. The minimum atomic E-state index is -0.131. The third kappa shape index (κ3) is 3.04. The second-order valence-corrected chi connectivity index (χ2v) is 6.33. The van der Waals surface area contributed by atoms with Gasteiger partial charge >= 0.3 is 0 Å². The molecule has 3 aromatic rings. The van der Waals surface area contributed by atoms with Crippen molar-refractivity contribution in [2.24, 2.45) is 0 Å². The molecule has 7 heteroatoms. The second-order valence-electron chi connectivity index (χ2n) is 6.33. The number of aromatic nitrogens is 3. The number of aromatic amines is 1. The van der Waals surface area contributed by atoms with Crippen LogP contribution in [0.25, 0.3) is 11.4 Å².